The quantitative estimate of drug-likeness (QED) is 0.504. The smallest absolute Gasteiger partial charge is 0.257 e. The highest BCUT2D eigenvalue weighted by Gasteiger charge is 2.20. The number of ether oxygens (including phenoxy) is 1. The van der Waals surface area contributed by atoms with Crippen LogP contribution in [0.1, 0.15) is 15.9 Å². The van der Waals surface area contributed by atoms with Gasteiger partial charge in [-0.05, 0) is 24.3 Å². The van der Waals surface area contributed by atoms with Crippen LogP contribution in [0.3, 0.4) is 0 Å². The van der Waals surface area contributed by atoms with Crippen LogP contribution in [-0.4, -0.2) is 39.9 Å². The maximum absolute atomic E-state index is 13.0. The Labute approximate surface area is 180 Å². The number of carbonyl (C=O) groups excluding carboxylic acids is 1. The van der Waals surface area contributed by atoms with E-state index in [1.165, 1.54) is 13.2 Å². The summed E-state index contributed by atoms with van der Waals surface area (Å²) >= 11 is 0. The molecule has 1 N–H and O–H groups in total. The van der Waals surface area contributed by atoms with Crippen molar-refractivity contribution in [3.05, 3.63) is 96.2 Å². The van der Waals surface area contributed by atoms with Gasteiger partial charge in [0.2, 0.25) is 0 Å². The Morgan fingerprint density at radius 3 is 2.35 bits per heavy atom. The van der Waals surface area contributed by atoms with Crippen LogP contribution in [-0.2, 0) is 6.54 Å². The van der Waals surface area contributed by atoms with Gasteiger partial charge in [-0.15, -0.1) is 0 Å². The van der Waals surface area contributed by atoms with Gasteiger partial charge in [-0.1, -0.05) is 48.5 Å². The summed E-state index contributed by atoms with van der Waals surface area (Å²) in [6.07, 6.45) is 1.94. The van der Waals surface area contributed by atoms with Crippen molar-refractivity contribution in [2.75, 3.05) is 14.2 Å². The minimum absolute atomic E-state index is 0.112. The molecule has 0 fully saturated rings. The van der Waals surface area contributed by atoms with Crippen LogP contribution in [0, 0.1) is 0 Å². The third-order valence-electron chi connectivity index (χ3n) is 5.05. The van der Waals surface area contributed by atoms with Gasteiger partial charge >= 0.3 is 0 Å². The van der Waals surface area contributed by atoms with E-state index in [2.05, 4.69) is 0 Å². The van der Waals surface area contributed by atoms with Gasteiger partial charge in [0.05, 0.1) is 24.1 Å². The van der Waals surface area contributed by atoms with Crippen molar-refractivity contribution in [1.82, 2.24) is 14.7 Å². The van der Waals surface area contributed by atoms with E-state index in [-0.39, 0.29) is 17.2 Å². The number of hydrogen-bond acceptors (Lipinski definition) is 4. The summed E-state index contributed by atoms with van der Waals surface area (Å²) < 4.78 is 6.92. The van der Waals surface area contributed by atoms with Crippen molar-refractivity contribution in [2.24, 2.45) is 0 Å². The van der Waals surface area contributed by atoms with Crippen LogP contribution < -0.4 is 4.74 Å². The highest BCUT2D eigenvalue weighted by molar-refractivity contribution is 5.97. The normalized spacial score (nSPS) is 10.6. The molecular weight excluding hydrogens is 390 g/mol. The summed E-state index contributed by atoms with van der Waals surface area (Å²) in [7, 11) is 3.22. The first-order chi connectivity index (χ1) is 15.1. The first kappa shape index (κ1) is 20.2. The zero-order valence-electron chi connectivity index (χ0n) is 17.4. The zero-order chi connectivity index (χ0) is 21.8. The fourth-order valence-electron chi connectivity index (χ4n) is 3.43. The number of aromatic nitrogens is 2. The number of carbonyl (C=O) groups is 1. The molecule has 4 rings (SSSR count). The van der Waals surface area contributed by atoms with E-state index >= 15 is 0 Å². The fourth-order valence-corrected chi connectivity index (χ4v) is 3.43. The molecule has 0 aliphatic heterocycles. The molecule has 0 unspecified atom stereocenters. The highest BCUT2D eigenvalue weighted by atomic mass is 16.5. The molecule has 4 aromatic rings. The molecule has 156 valence electrons. The van der Waals surface area contributed by atoms with Crippen molar-refractivity contribution in [3.63, 3.8) is 0 Å². The molecule has 1 heterocycles. The van der Waals surface area contributed by atoms with Crippen LogP contribution >= 0.6 is 0 Å². The molecule has 0 saturated carbocycles. The molecule has 0 aliphatic rings. The maximum Gasteiger partial charge on any atom is 0.257 e. The van der Waals surface area contributed by atoms with Crippen molar-refractivity contribution >= 4 is 5.91 Å². The van der Waals surface area contributed by atoms with Crippen molar-refractivity contribution < 1.29 is 14.6 Å². The predicted octanol–water partition coefficient (Wildman–Crippen LogP) is 4.53. The lowest BCUT2D eigenvalue weighted by molar-refractivity contribution is 0.0782. The van der Waals surface area contributed by atoms with Gasteiger partial charge in [-0.3, -0.25) is 4.79 Å². The Hall–Kier alpha value is -4.06. The average molecular weight is 413 g/mol. The molecule has 1 aromatic heterocycles. The van der Waals surface area contributed by atoms with E-state index in [1.807, 2.05) is 71.5 Å². The molecule has 1 amide bonds. The number of hydrogen-bond donors (Lipinski definition) is 1. The number of para-hydroxylation sites is 1. The van der Waals surface area contributed by atoms with E-state index < -0.39 is 0 Å². The van der Waals surface area contributed by atoms with Crippen LogP contribution in [0.15, 0.2) is 85.1 Å². The molecule has 0 aliphatic carbocycles. The molecule has 0 bridgehead atoms. The molecule has 31 heavy (non-hydrogen) atoms. The van der Waals surface area contributed by atoms with E-state index in [0.717, 1.165) is 22.5 Å². The lowest BCUT2D eigenvalue weighted by Crippen LogP contribution is -2.26. The number of nitrogens with zero attached hydrogens (tertiary/aromatic N) is 3. The summed E-state index contributed by atoms with van der Waals surface area (Å²) in [5.74, 6) is 0.0956. The number of phenolic OH excluding ortho intramolecular Hbond substituents is 1. The highest BCUT2D eigenvalue weighted by Crippen LogP contribution is 2.27. The Balaban J connectivity index is 1.67. The Morgan fingerprint density at radius 1 is 1.03 bits per heavy atom. The van der Waals surface area contributed by atoms with Gasteiger partial charge in [-0.2, -0.15) is 5.10 Å². The van der Waals surface area contributed by atoms with E-state index in [4.69, 9.17) is 9.84 Å². The summed E-state index contributed by atoms with van der Waals surface area (Å²) in [4.78, 5) is 14.6. The first-order valence-corrected chi connectivity index (χ1v) is 9.88. The van der Waals surface area contributed by atoms with Gasteiger partial charge in [0, 0.05) is 37.0 Å². The minimum Gasteiger partial charge on any atom is -0.507 e. The number of phenols is 1. The van der Waals surface area contributed by atoms with Crippen molar-refractivity contribution in [3.8, 4) is 28.4 Å². The number of methoxy groups -OCH3 is 1. The maximum atomic E-state index is 13.0. The van der Waals surface area contributed by atoms with E-state index in [1.54, 1.807) is 24.1 Å². The van der Waals surface area contributed by atoms with Gasteiger partial charge in [0.1, 0.15) is 11.5 Å². The zero-order valence-corrected chi connectivity index (χ0v) is 17.4. The molecular formula is C25H23N3O3. The Bertz CT molecular complexity index is 1190. The van der Waals surface area contributed by atoms with E-state index in [9.17, 15) is 9.90 Å². The predicted molar refractivity (Wildman–Crippen MR) is 119 cm³/mol. The standard InChI is InChI=1S/C25H23N3O3/c1-27(25(30)22-14-13-21(31-2)15-23(22)29)16-19-17-28(20-11-7-4-8-12-20)26-24(19)18-9-5-3-6-10-18/h3-15,17,29H,16H2,1-2H3. The molecule has 0 radical (unpaired) electrons. The van der Waals surface area contributed by atoms with Crippen LogP contribution in [0.4, 0.5) is 0 Å². The number of amides is 1. The monoisotopic (exact) mass is 413 g/mol. The second-order valence-electron chi connectivity index (χ2n) is 7.19. The fraction of sp³-hybridized carbons (Fsp3) is 0.120. The second kappa shape index (κ2) is 8.75. The Morgan fingerprint density at radius 2 is 1.71 bits per heavy atom. The molecule has 6 nitrogen and oxygen atoms in total. The van der Waals surface area contributed by atoms with Crippen molar-refractivity contribution in [1.29, 1.82) is 0 Å². The summed E-state index contributed by atoms with van der Waals surface area (Å²) in [5, 5.41) is 15.0. The third kappa shape index (κ3) is 4.28. The number of rotatable bonds is 6. The molecule has 0 saturated heterocycles. The molecule has 3 aromatic carbocycles. The van der Waals surface area contributed by atoms with Gasteiger partial charge in [0.25, 0.3) is 5.91 Å². The van der Waals surface area contributed by atoms with Crippen LogP contribution in [0.5, 0.6) is 11.5 Å². The second-order valence-corrected chi connectivity index (χ2v) is 7.19. The Kier molecular flexibility index (Phi) is 5.71. The SMILES string of the molecule is COc1ccc(C(=O)N(C)Cc2cn(-c3ccccc3)nc2-c2ccccc2)c(O)c1. The minimum atomic E-state index is -0.286. The van der Waals surface area contributed by atoms with E-state index in [0.29, 0.717) is 12.3 Å². The van der Waals surface area contributed by atoms with Gasteiger partial charge in [-0.25, -0.2) is 4.68 Å². The summed E-state index contributed by atoms with van der Waals surface area (Å²) in [5.41, 5.74) is 3.84. The molecule has 0 spiro atoms. The molecule has 6 heteroatoms. The average Bonchev–Trinajstić information content (AvgIpc) is 3.23. The van der Waals surface area contributed by atoms with Gasteiger partial charge < -0.3 is 14.7 Å². The van der Waals surface area contributed by atoms with Gasteiger partial charge in [0.15, 0.2) is 0 Å². The van der Waals surface area contributed by atoms with Crippen molar-refractivity contribution in [2.45, 2.75) is 6.54 Å². The largest absolute Gasteiger partial charge is 0.507 e. The lowest BCUT2D eigenvalue weighted by Gasteiger charge is -2.18. The lowest BCUT2D eigenvalue weighted by atomic mass is 10.1. The summed E-state index contributed by atoms with van der Waals surface area (Å²) in [6.45, 7) is 0.335. The number of aromatic hydroxyl groups is 1. The third-order valence-corrected chi connectivity index (χ3v) is 5.05. The molecule has 0 atom stereocenters. The number of benzene rings is 3. The summed E-state index contributed by atoms with van der Waals surface area (Å²) in [6, 6.07) is 24.4. The van der Waals surface area contributed by atoms with Crippen LogP contribution in [0.2, 0.25) is 0 Å². The van der Waals surface area contributed by atoms with Crippen LogP contribution in [0.25, 0.3) is 16.9 Å². The first-order valence-electron chi connectivity index (χ1n) is 9.88. The topological polar surface area (TPSA) is 67.6 Å².